The molecule has 3 rings (SSSR count). The highest BCUT2D eigenvalue weighted by Gasteiger charge is 2.18. The number of carbonyl (C=O) groups excluding carboxylic acids is 1. The topological polar surface area (TPSA) is 88.1 Å². The largest absolute Gasteiger partial charge is 0.492 e. The van der Waals surface area contributed by atoms with Crippen LogP contribution >= 0.6 is 23.2 Å². The molecular formula is C29H31Cl2FN2O5. The fraction of sp³-hybridized carbons (Fsp3) is 0.310. The van der Waals surface area contributed by atoms with E-state index in [9.17, 15) is 19.1 Å². The van der Waals surface area contributed by atoms with Gasteiger partial charge in [-0.25, -0.2) is 14.0 Å². The number of benzene rings is 3. The average molecular weight is 577 g/mol. The summed E-state index contributed by atoms with van der Waals surface area (Å²) in [5, 5.41) is 13.1. The van der Waals surface area contributed by atoms with E-state index in [2.05, 4.69) is 5.32 Å². The van der Waals surface area contributed by atoms with Gasteiger partial charge in [-0.2, -0.15) is 0 Å². The van der Waals surface area contributed by atoms with Crippen LogP contribution in [0.1, 0.15) is 24.5 Å². The predicted molar refractivity (Wildman–Crippen MR) is 150 cm³/mol. The predicted octanol–water partition coefficient (Wildman–Crippen LogP) is 6.71. The molecule has 0 bridgehead atoms. The number of aryl methyl sites for hydroxylation is 1. The molecule has 39 heavy (non-hydrogen) atoms. The fourth-order valence-electron chi connectivity index (χ4n) is 3.94. The number of halogens is 3. The first-order valence-electron chi connectivity index (χ1n) is 12.6. The van der Waals surface area contributed by atoms with Gasteiger partial charge in [0.1, 0.15) is 18.2 Å². The summed E-state index contributed by atoms with van der Waals surface area (Å²) >= 11 is 12.2. The Labute approximate surface area is 237 Å². The highest BCUT2D eigenvalue weighted by molar-refractivity contribution is 6.34. The monoisotopic (exact) mass is 576 g/mol. The molecule has 0 radical (unpaired) electrons. The van der Waals surface area contributed by atoms with Gasteiger partial charge in [0, 0.05) is 35.3 Å². The Kier molecular flexibility index (Phi) is 11.9. The first-order chi connectivity index (χ1) is 18.7. The van der Waals surface area contributed by atoms with Crippen molar-refractivity contribution in [2.24, 2.45) is 0 Å². The van der Waals surface area contributed by atoms with Crippen LogP contribution < -0.4 is 10.1 Å². The van der Waals surface area contributed by atoms with Crippen molar-refractivity contribution < 1.29 is 28.6 Å². The second-order valence-corrected chi connectivity index (χ2v) is 9.66. The van der Waals surface area contributed by atoms with Crippen molar-refractivity contribution in [2.45, 2.75) is 32.3 Å². The first-order valence-corrected chi connectivity index (χ1v) is 13.3. The van der Waals surface area contributed by atoms with Crippen LogP contribution in [0, 0.1) is 5.82 Å². The number of amides is 2. The molecule has 3 aromatic carbocycles. The van der Waals surface area contributed by atoms with E-state index in [0.717, 1.165) is 11.1 Å². The molecule has 3 aromatic rings. The average Bonchev–Trinajstić information content (AvgIpc) is 2.88. The van der Waals surface area contributed by atoms with Crippen molar-refractivity contribution in [3.05, 3.63) is 93.7 Å². The number of carboxylic acids is 1. The maximum absolute atomic E-state index is 13.6. The molecule has 0 aromatic heterocycles. The van der Waals surface area contributed by atoms with Gasteiger partial charge in [0.15, 0.2) is 6.10 Å². The minimum atomic E-state index is -1.01. The molecule has 208 valence electrons. The quantitative estimate of drug-likeness (QED) is 0.222. The molecule has 2 amide bonds. The number of rotatable bonds is 14. The zero-order chi connectivity index (χ0) is 28.2. The van der Waals surface area contributed by atoms with Crippen molar-refractivity contribution in [1.82, 2.24) is 4.90 Å². The molecule has 0 saturated carbocycles. The van der Waals surface area contributed by atoms with Crippen LogP contribution in [-0.4, -0.2) is 54.4 Å². The normalized spacial score (nSPS) is 11.6. The second-order valence-electron chi connectivity index (χ2n) is 8.79. The third-order valence-corrected chi connectivity index (χ3v) is 6.23. The SMILES string of the molecule is CCOC(Cc1ccc(OCCN(CCCc2cc(Cl)cc(Cl)c2)C(=O)Nc2cccc(F)c2)cc1)C(=O)O. The highest BCUT2D eigenvalue weighted by atomic mass is 35.5. The number of hydrogen-bond acceptors (Lipinski definition) is 4. The molecule has 0 spiro atoms. The molecule has 0 fully saturated rings. The number of carbonyl (C=O) groups is 2. The Bertz CT molecular complexity index is 1220. The molecule has 0 heterocycles. The van der Waals surface area contributed by atoms with Gasteiger partial charge in [-0.05, 0) is 79.4 Å². The first kappa shape index (κ1) is 30.2. The summed E-state index contributed by atoms with van der Waals surface area (Å²) in [5.74, 6) is -0.867. The van der Waals surface area contributed by atoms with Gasteiger partial charge in [0.05, 0.1) is 6.54 Å². The summed E-state index contributed by atoms with van der Waals surface area (Å²) in [7, 11) is 0. The summed E-state index contributed by atoms with van der Waals surface area (Å²) in [6, 6.07) is 17.7. The van der Waals surface area contributed by atoms with Crippen LogP contribution in [0.5, 0.6) is 5.75 Å². The van der Waals surface area contributed by atoms with Crippen LogP contribution in [-0.2, 0) is 22.4 Å². The van der Waals surface area contributed by atoms with E-state index in [1.54, 1.807) is 48.2 Å². The summed E-state index contributed by atoms with van der Waals surface area (Å²) < 4.78 is 24.7. The molecule has 0 saturated heterocycles. The Balaban J connectivity index is 1.58. The molecule has 7 nitrogen and oxygen atoms in total. The smallest absolute Gasteiger partial charge is 0.333 e. The Morgan fingerprint density at radius 3 is 2.36 bits per heavy atom. The van der Waals surface area contributed by atoms with E-state index in [4.69, 9.17) is 32.7 Å². The van der Waals surface area contributed by atoms with Crippen LogP contribution in [0.4, 0.5) is 14.9 Å². The second kappa shape index (κ2) is 15.3. The van der Waals surface area contributed by atoms with Crippen molar-refractivity contribution in [1.29, 1.82) is 0 Å². The van der Waals surface area contributed by atoms with Crippen molar-refractivity contribution >= 4 is 40.9 Å². The Morgan fingerprint density at radius 2 is 1.72 bits per heavy atom. The van der Waals surface area contributed by atoms with E-state index in [-0.39, 0.29) is 25.6 Å². The Morgan fingerprint density at radius 1 is 1.00 bits per heavy atom. The summed E-state index contributed by atoms with van der Waals surface area (Å²) in [6.07, 6.45) is 0.641. The number of anilines is 1. The molecule has 1 unspecified atom stereocenters. The summed E-state index contributed by atoms with van der Waals surface area (Å²) in [4.78, 5) is 25.9. The molecule has 0 aliphatic rings. The summed E-state index contributed by atoms with van der Waals surface area (Å²) in [5.41, 5.74) is 2.12. The van der Waals surface area contributed by atoms with Gasteiger partial charge < -0.3 is 24.8 Å². The van der Waals surface area contributed by atoms with E-state index in [1.165, 1.54) is 18.2 Å². The van der Waals surface area contributed by atoms with Crippen molar-refractivity contribution in [2.75, 3.05) is 31.6 Å². The zero-order valence-corrected chi connectivity index (χ0v) is 23.1. The fourth-order valence-corrected chi connectivity index (χ4v) is 4.51. The number of carboxylic acid groups (broad SMARTS) is 1. The molecule has 0 aliphatic heterocycles. The third-order valence-electron chi connectivity index (χ3n) is 5.80. The van der Waals surface area contributed by atoms with Gasteiger partial charge in [-0.15, -0.1) is 0 Å². The maximum Gasteiger partial charge on any atom is 0.333 e. The number of nitrogens with one attached hydrogen (secondary N) is 1. The third kappa shape index (κ3) is 10.4. The van der Waals surface area contributed by atoms with E-state index in [0.29, 0.717) is 47.5 Å². The van der Waals surface area contributed by atoms with Crippen LogP contribution in [0.15, 0.2) is 66.7 Å². The number of hydrogen-bond donors (Lipinski definition) is 2. The van der Waals surface area contributed by atoms with E-state index >= 15 is 0 Å². The maximum atomic E-state index is 13.6. The minimum Gasteiger partial charge on any atom is -0.492 e. The van der Waals surface area contributed by atoms with Gasteiger partial charge >= 0.3 is 12.0 Å². The van der Waals surface area contributed by atoms with Gasteiger partial charge in [-0.1, -0.05) is 41.4 Å². The van der Waals surface area contributed by atoms with E-state index in [1.807, 2.05) is 12.1 Å². The molecule has 1 atom stereocenters. The zero-order valence-electron chi connectivity index (χ0n) is 21.5. The lowest BCUT2D eigenvalue weighted by Gasteiger charge is -2.23. The summed E-state index contributed by atoms with van der Waals surface area (Å²) in [6.45, 7) is 2.98. The van der Waals surface area contributed by atoms with Crippen LogP contribution in [0.25, 0.3) is 0 Å². The lowest BCUT2D eigenvalue weighted by Crippen LogP contribution is -2.38. The molecule has 2 N–H and O–H groups in total. The van der Waals surface area contributed by atoms with Gasteiger partial charge in [0.2, 0.25) is 0 Å². The highest BCUT2D eigenvalue weighted by Crippen LogP contribution is 2.20. The number of aliphatic carboxylic acids is 1. The molecular weight excluding hydrogens is 546 g/mol. The van der Waals surface area contributed by atoms with Crippen LogP contribution in [0.3, 0.4) is 0 Å². The van der Waals surface area contributed by atoms with Crippen LogP contribution in [0.2, 0.25) is 10.0 Å². The number of urea groups is 1. The standard InChI is InChI=1S/C29H31Cl2FN2O5/c1-2-38-27(28(35)36)17-20-8-10-26(11-9-20)39-14-13-34(29(37)33-25-7-3-6-24(32)19-25)12-4-5-21-15-22(30)18-23(31)16-21/h3,6-11,15-16,18-19,27H,2,4-5,12-14,17H2,1H3,(H,33,37)(H,35,36). The van der Waals surface area contributed by atoms with Crippen molar-refractivity contribution in [3.8, 4) is 5.75 Å². The molecule has 10 heteroatoms. The minimum absolute atomic E-state index is 0.218. The lowest BCUT2D eigenvalue weighted by atomic mass is 10.1. The Hall–Kier alpha value is -3.33. The lowest BCUT2D eigenvalue weighted by molar-refractivity contribution is -0.149. The number of nitrogens with zero attached hydrogens (tertiary/aromatic N) is 1. The molecule has 0 aliphatic carbocycles. The van der Waals surface area contributed by atoms with E-state index < -0.39 is 17.9 Å². The van der Waals surface area contributed by atoms with Gasteiger partial charge in [0.25, 0.3) is 0 Å². The van der Waals surface area contributed by atoms with Gasteiger partial charge in [-0.3, -0.25) is 0 Å². The number of ether oxygens (including phenoxy) is 2. The van der Waals surface area contributed by atoms with Crippen molar-refractivity contribution in [3.63, 3.8) is 0 Å².